The summed E-state index contributed by atoms with van der Waals surface area (Å²) in [5.74, 6) is 2.69. The summed E-state index contributed by atoms with van der Waals surface area (Å²) in [7, 11) is 0. The highest BCUT2D eigenvalue weighted by Gasteiger charge is 2.22. The third-order valence-electron chi connectivity index (χ3n) is 5.84. The molecule has 0 radical (unpaired) electrons. The van der Waals surface area contributed by atoms with Crippen molar-refractivity contribution in [2.24, 2.45) is 5.92 Å². The van der Waals surface area contributed by atoms with Crippen LogP contribution in [0.2, 0.25) is 0 Å². The van der Waals surface area contributed by atoms with Crippen molar-refractivity contribution in [2.45, 2.75) is 51.6 Å². The molecule has 4 rings (SSSR count). The van der Waals surface area contributed by atoms with Crippen LogP contribution in [0.4, 0.5) is 0 Å². The van der Waals surface area contributed by atoms with E-state index >= 15 is 0 Å². The number of ether oxygens (including phenoxy) is 1. The van der Waals surface area contributed by atoms with E-state index in [-0.39, 0.29) is 6.10 Å². The zero-order valence-corrected chi connectivity index (χ0v) is 17.0. The van der Waals surface area contributed by atoms with Crippen LogP contribution in [-0.2, 0) is 6.42 Å². The van der Waals surface area contributed by atoms with Crippen LogP contribution in [-0.4, -0.2) is 16.7 Å². The van der Waals surface area contributed by atoms with E-state index in [1.165, 1.54) is 19.3 Å². The molecule has 1 aromatic heterocycles. The molecule has 0 spiro atoms. The predicted molar refractivity (Wildman–Crippen MR) is 114 cm³/mol. The minimum atomic E-state index is -0.362. The van der Waals surface area contributed by atoms with Gasteiger partial charge >= 0.3 is 0 Å². The molecule has 1 heterocycles. The number of rotatable bonds is 7. The standard InChI is InChI=1S/C25H29NO3/c1-18-23(26-25(29-18)21-10-6-3-7-11-21)16-17-28-22-14-12-20(13-15-22)24(27)19-8-4-2-5-9-19/h3,6-7,10-15,19,24,27H,2,4-5,8-9,16-17H2,1H3. The first-order valence-electron chi connectivity index (χ1n) is 10.6. The molecule has 2 aromatic carbocycles. The Morgan fingerprint density at radius 3 is 2.48 bits per heavy atom. The fraction of sp³-hybridized carbons (Fsp3) is 0.400. The summed E-state index contributed by atoms with van der Waals surface area (Å²) >= 11 is 0. The number of aryl methyl sites for hydroxylation is 1. The summed E-state index contributed by atoms with van der Waals surface area (Å²) in [6.07, 6.45) is 6.34. The van der Waals surface area contributed by atoms with Crippen LogP contribution in [0.3, 0.4) is 0 Å². The number of benzene rings is 2. The van der Waals surface area contributed by atoms with Crippen molar-refractivity contribution < 1.29 is 14.3 Å². The molecule has 0 bridgehead atoms. The van der Waals surface area contributed by atoms with Crippen molar-refractivity contribution in [1.29, 1.82) is 0 Å². The molecule has 1 saturated carbocycles. The van der Waals surface area contributed by atoms with Crippen molar-refractivity contribution in [3.63, 3.8) is 0 Å². The Bertz CT molecular complexity index is 896. The maximum atomic E-state index is 10.6. The SMILES string of the molecule is Cc1oc(-c2ccccc2)nc1CCOc1ccc(C(O)C2CCCCC2)cc1. The molecule has 1 aliphatic rings. The predicted octanol–water partition coefficient (Wildman–Crippen LogP) is 5.89. The molecule has 1 atom stereocenters. The third-order valence-corrected chi connectivity index (χ3v) is 5.84. The van der Waals surface area contributed by atoms with Gasteiger partial charge in [0.25, 0.3) is 0 Å². The number of nitrogens with zero attached hydrogens (tertiary/aromatic N) is 1. The topological polar surface area (TPSA) is 55.5 Å². The summed E-state index contributed by atoms with van der Waals surface area (Å²) < 4.78 is 11.7. The van der Waals surface area contributed by atoms with E-state index in [9.17, 15) is 5.11 Å². The van der Waals surface area contributed by atoms with Crippen LogP contribution in [0.25, 0.3) is 11.5 Å². The van der Waals surface area contributed by atoms with Crippen LogP contribution in [0.15, 0.2) is 59.0 Å². The first-order valence-corrected chi connectivity index (χ1v) is 10.6. The Balaban J connectivity index is 1.31. The van der Waals surface area contributed by atoms with Crippen LogP contribution >= 0.6 is 0 Å². The summed E-state index contributed by atoms with van der Waals surface area (Å²) in [4.78, 5) is 4.62. The molecule has 29 heavy (non-hydrogen) atoms. The van der Waals surface area contributed by atoms with Gasteiger partial charge in [-0.2, -0.15) is 0 Å². The smallest absolute Gasteiger partial charge is 0.226 e. The fourth-order valence-electron chi connectivity index (χ4n) is 4.11. The maximum absolute atomic E-state index is 10.6. The van der Waals surface area contributed by atoms with Crippen LogP contribution in [0, 0.1) is 12.8 Å². The zero-order chi connectivity index (χ0) is 20.1. The van der Waals surface area contributed by atoms with E-state index in [1.54, 1.807) is 0 Å². The maximum Gasteiger partial charge on any atom is 0.226 e. The Morgan fingerprint density at radius 2 is 1.76 bits per heavy atom. The van der Waals surface area contributed by atoms with Crippen LogP contribution < -0.4 is 4.74 Å². The molecule has 1 N–H and O–H groups in total. The Morgan fingerprint density at radius 1 is 1.03 bits per heavy atom. The van der Waals surface area contributed by atoms with E-state index in [2.05, 4.69) is 4.98 Å². The molecular formula is C25H29NO3. The lowest BCUT2D eigenvalue weighted by Crippen LogP contribution is -2.15. The van der Waals surface area contributed by atoms with E-state index < -0.39 is 0 Å². The summed E-state index contributed by atoms with van der Waals surface area (Å²) in [6, 6.07) is 17.8. The van der Waals surface area contributed by atoms with Crippen molar-refractivity contribution in [3.05, 3.63) is 71.6 Å². The van der Waals surface area contributed by atoms with Gasteiger partial charge in [0, 0.05) is 12.0 Å². The van der Waals surface area contributed by atoms with E-state index in [0.717, 1.165) is 41.2 Å². The molecule has 152 valence electrons. The van der Waals surface area contributed by atoms with Gasteiger partial charge in [-0.1, -0.05) is 49.6 Å². The zero-order valence-electron chi connectivity index (χ0n) is 17.0. The van der Waals surface area contributed by atoms with Crippen molar-refractivity contribution in [2.75, 3.05) is 6.61 Å². The minimum Gasteiger partial charge on any atom is -0.493 e. The van der Waals surface area contributed by atoms with Gasteiger partial charge in [-0.25, -0.2) is 4.98 Å². The third kappa shape index (κ3) is 4.88. The van der Waals surface area contributed by atoms with E-state index in [0.29, 0.717) is 24.8 Å². The number of hydrogen-bond acceptors (Lipinski definition) is 4. The van der Waals surface area contributed by atoms with Crippen LogP contribution in [0.5, 0.6) is 5.75 Å². The molecule has 4 heteroatoms. The van der Waals surface area contributed by atoms with Crippen molar-refractivity contribution in [1.82, 2.24) is 4.98 Å². The average Bonchev–Trinajstić information content (AvgIpc) is 3.15. The normalized spacial score (nSPS) is 15.9. The summed E-state index contributed by atoms with van der Waals surface area (Å²) in [5, 5.41) is 10.6. The Labute approximate surface area is 172 Å². The lowest BCUT2D eigenvalue weighted by molar-refractivity contribution is 0.0848. The van der Waals surface area contributed by atoms with Crippen molar-refractivity contribution in [3.8, 4) is 17.2 Å². The van der Waals surface area contributed by atoms with Crippen molar-refractivity contribution >= 4 is 0 Å². The Kier molecular flexibility index (Phi) is 6.30. The van der Waals surface area contributed by atoms with Gasteiger partial charge in [-0.05, 0) is 55.5 Å². The molecule has 0 saturated heterocycles. The fourth-order valence-corrected chi connectivity index (χ4v) is 4.11. The molecule has 0 aliphatic heterocycles. The molecular weight excluding hydrogens is 362 g/mol. The van der Waals surface area contributed by atoms with Crippen LogP contribution in [0.1, 0.15) is 55.2 Å². The monoisotopic (exact) mass is 391 g/mol. The molecule has 4 nitrogen and oxygen atoms in total. The largest absolute Gasteiger partial charge is 0.493 e. The highest BCUT2D eigenvalue weighted by Crippen LogP contribution is 2.34. The second-order valence-electron chi connectivity index (χ2n) is 7.90. The van der Waals surface area contributed by atoms with Gasteiger partial charge in [0.15, 0.2) is 0 Å². The quantitative estimate of drug-likeness (QED) is 0.546. The molecule has 0 amide bonds. The lowest BCUT2D eigenvalue weighted by atomic mass is 9.83. The number of oxazole rings is 1. The van der Waals surface area contributed by atoms with Gasteiger partial charge in [-0.3, -0.25) is 0 Å². The van der Waals surface area contributed by atoms with E-state index in [4.69, 9.17) is 9.15 Å². The average molecular weight is 392 g/mol. The first-order chi connectivity index (χ1) is 14.2. The highest BCUT2D eigenvalue weighted by molar-refractivity contribution is 5.53. The molecule has 3 aromatic rings. The molecule has 1 aliphatic carbocycles. The minimum absolute atomic E-state index is 0.362. The van der Waals surface area contributed by atoms with Gasteiger partial charge < -0.3 is 14.3 Å². The first kappa shape index (κ1) is 19.7. The lowest BCUT2D eigenvalue weighted by Gasteiger charge is -2.26. The number of hydrogen-bond donors (Lipinski definition) is 1. The van der Waals surface area contributed by atoms with Gasteiger partial charge in [0.2, 0.25) is 5.89 Å². The summed E-state index contributed by atoms with van der Waals surface area (Å²) in [5.41, 5.74) is 2.90. The second kappa shape index (κ2) is 9.27. The number of aliphatic hydroxyl groups is 1. The van der Waals surface area contributed by atoms with E-state index in [1.807, 2.05) is 61.5 Å². The molecule has 1 fully saturated rings. The Hall–Kier alpha value is -2.59. The highest BCUT2D eigenvalue weighted by atomic mass is 16.5. The van der Waals surface area contributed by atoms with Gasteiger partial charge in [-0.15, -0.1) is 0 Å². The summed E-state index contributed by atoms with van der Waals surface area (Å²) in [6.45, 7) is 2.47. The van der Waals surface area contributed by atoms with Gasteiger partial charge in [0.05, 0.1) is 18.4 Å². The van der Waals surface area contributed by atoms with Gasteiger partial charge in [0.1, 0.15) is 11.5 Å². The number of aliphatic hydroxyl groups excluding tert-OH is 1. The number of aromatic nitrogens is 1. The molecule has 1 unspecified atom stereocenters. The second-order valence-corrected chi connectivity index (χ2v) is 7.90.